The first-order chi connectivity index (χ1) is 17.6. The lowest BCUT2D eigenvalue weighted by atomic mass is 10.00. The lowest BCUT2D eigenvalue weighted by Crippen LogP contribution is -2.56. The van der Waals surface area contributed by atoms with Crippen LogP contribution >= 0.6 is 12.2 Å². The van der Waals surface area contributed by atoms with Crippen LogP contribution in [0, 0.1) is 0 Å². The smallest absolute Gasteiger partial charge is 0.249 e. The second kappa shape index (κ2) is 11.0. The fourth-order valence-electron chi connectivity index (χ4n) is 4.25. The molecule has 37 heavy (non-hydrogen) atoms. The molecule has 0 unspecified atom stereocenters. The van der Waals surface area contributed by atoms with E-state index in [4.69, 9.17) is 16.6 Å². The normalized spacial score (nSPS) is 15.3. The second-order valence-electron chi connectivity index (χ2n) is 9.81. The van der Waals surface area contributed by atoms with Crippen LogP contribution in [0.15, 0.2) is 77.4 Å². The number of nitrogens with one attached hydrogen (secondary N) is 2. The molecule has 1 atom stereocenters. The van der Waals surface area contributed by atoms with E-state index < -0.39 is 5.54 Å². The number of hydrogen-bond acceptors (Lipinski definition) is 5. The van der Waals surface area contributed by atoms with Crippen LogP contribution in [-0.2, 0) is 16.1 Å². The maximum absolute atomic E-state index is 13.7. The van der Waals surface area contributed by atoms with Crippen LogP contribution in [0.5, 0.6) is 0 Å². The van der Waals surface area contributed by atoms with Crippen molar-refractivity contribution in [3.05, 3.63) is 84.3 Å². The first-order valence-corrected chi connectivity index (χ1v) is 12.6. The fourth-order valence-corrected chi connectivity index (χ4v) is 4.54. The Kier molecular flexibility index (Phi) is 7.83. The monoisotopic (exact) mass is 519 g/mol. The molecule has 0 aliphatic carbocycles. The van der Waals surface area contributed by atoms with Crippen molar-refractivity contribution in [3.8, 4) is 0 Å². The minimum absolute atomic E-state index is 0.00136. The first-order valence-electron chi connectivity index (χ1n) is 12.2. The molecule has 2 aromatic carbocycles. The van der Waals surface area contributed by atoms with Crippen LogP contribution < -0.4 is 15.5 Å². The van der Waals surface area contributed by atoms with Crippen LogP contribution in [0.25, 0.3) is 0 Å². The van der Waals surface area contributed by atoms with Crippen LogP contribution in [0.4, 0.5) is 11.4 Å². The Labute approximate surface area is 223 Å². The number of thiocarbonyl (C=S) groups is 1. The number of benzene rings is 2. The summed E-state index contributed by atoms with van der Waals surface area (Å²) >= 11 is 5.54. The molecule has 2 amide bonds. The van der Waals surface area contributed by atoms with E-state index in [-0.39, 0.29) is 30.9 Å². The molecule has 0 bridgehead atoms. The molecule has 1 saturated heterocycles. The molecular formula is C28H33N5O3S. The standard InChI is InChI=1S/C28H33N5O3S/c1-28(2,26(35)29-21-12-14-22(15-13-21)31(3)4)33(17-23-11-8-16-36-23)25(34)19-32-18-24(30-27(32)37)20-9-6-5-7-10-20/h5-16,24H,17-19H2,1-4H3,(H,29,35)(H,30,37)/t24-/m0/s1. The van der Waals surface area contributed by atoms with E-state index in [1.807, 2.05) is 78.5 Å². The van der Waals surface area contributed by atoms with Gasteiger partial charge in [-0.25, -0.2) is 0 Å². The summed E-state index contributed by atoms with van der Waals surface area (Å²) in [6, 6.07) is 21.1. The molecule has 8 nitrogen and oxygen atoms in total. The van der Waals surface area contributed by atoms with Crippen molar-refractivity contribution in [2.45, 2.75) is 32.0 Å². The zero-order valence-corrected chi connectivity index (χ0v) is 22.4. The van der Waals surface area contributed by atoms with E-state index in [1.165, 1.54) is 0 Å². The van der Waals surface area contributed by atoms with Crippen molar-refractivity contribution in [2.75, 3.05) is 37.4 Å². The number of nitrogens with zero attached hydrogens (tertiary/aromatic N) is 3. The second-order valence-corrected chi connectivity index (χ2v) is 10.2. The summed E-state index contributed by atoms with van der Waals surface area (Å²) in [5.74, 6) is 0.0699. The van der Waals surface area contributed by atoms with Crippen molar-refractivity contribution in [3.63, 3.8) is 0 Å². The Hall–Kier alpha value is -3.85. The summed E-state index contributed by atoms with van der Waals surface area (Å²) in [5, 5.41) is 6.78. The van der Waals surface area contributed by atoms with E-state index in [0.717, 1.165) is 11.3 Å². The molecule has 2 heterocycles. The summed E-state index contributed by atoms with van der Waals surface area (Å²) in [5.41, 5.74) is 1.62. The number of carbonyl (C=O) groups is 2. The van der Waals surface area contributed by atoms with Crippen molar-refractivity contribution in [1.29, 1.82) is 0 Å². The molecule has 1 aliphatic heterocycles. The number of anilines is 2. The van der Waals surface area contributed by atoms with Gasteiger partial charge in [-0.05, 0) is 68.0 Å². The maximum atomic E-state index is 13.7. The third-order valence-corrected chi connectivity index (χ3v) is 6.96. The molecule has 9 heteroatoms. The SMILES string of the molecule is CN(C)c1ccc(NC(=O)C(C)(C)N(Cc2ccco2)C(=O)CN2C[C@@H](c3ccccc3)NC2=S)cc1. The molecule has 1 aliphatic rings. The molecule has 0 radical (unpaired) electrons. The van der Waals surface area contributed by atoms with Crippen molar-refractivity contribution in [2.24, 2.45) is 0 Å². The van der Waals surface area contributed by atoms with Gasteiger partial charge in [0.1, 0.15) is 11.3 Å². The van der Waals surface area contributed by atoms with E-state index in [2.05, 4.69) is 10.6 Å². The molecule has 4 rings (SSSR count). The van der Waals surface area contributed by atoms with E-state index >= 15 is 0 Å². The summed E-state index contributed by atoms with van der Waals surface area (Å²) < 4.78 is 5.53. The van der Waals surface area contributed by atoms with Gasteiger partial charge in [-0.1, -0.05) is 30.3 Å². The van der Waals surface area contributed by atoms with Gasteiger partial charge in [-0.3, -0.25) is 9.59 Å². The largest absolute Gasteiger partial charge is 0.467 e. The fraction of sp³-hybridized carbons (Fsp3) is 0.321. The number of amides is 2. The summed E-state index contributed by atoms with van der Waals surface area (Å²) in [4.78, 5) is 32.6. The van der Waals surface area contributed by atoms with Crippen LogP contribution in [-0.4, -0.2) is 59.5 Å². The molecule has 1 aromatic heterocycles. The minimum Gasteiger partial charge on any atom is -0.467 e. The van der Waals surface area contributed by atoms with Crippen LogP contribution in [0.3, 0.4) is 0 Å². The Balaban J connectivity index is 1.50. The topological polar surface area (TPSA) is 81.1 Å². The molecule has 0 spiro atoms. The van der Waals surface area contributed by atoms with E-state index in [1.54, 1.807) is 37.1 Å². The van der Waals surface area contributed by atoms with Gasteiger partial charge in [0.05, 0.1) is 25.4 Å². The van der Waals surface area contributed by atoms with Gasteiger partial charge in [0.25, 0.3) is 0 Å². The quantitative estimate of drug-likeness (QED) is 0.413. The van der Waals surface area contributed by atoms with E-state index in [9.17, 15) is 9.59 Å². The highest BCUT2D eigenvalue weighted by atomic mass is 32.1. The Morgan fingerprint density at radius 1 is 1.08 bits per heavy atom. The summed E-state index contributed by atoms with van der Waals surface area (Å²) in [6.45, 7) is 4.25. The average Bonchev–Trinajstić information content (AvgIpc) is 3.53. The van der Waals surface area contributed by atoms with Crippen LogP contribution in [0.2, 0.25) is 0 Å². The first kappa shape index (κ1) is 26.2. The highest BCUT2D eigenvalue weighted by molar-refractivity contribution is 7.80. The van der Waals surface area contributed by atoms with E-state index in [0.29, 0.717) is 23.1 Å². The zero-order valence-electron chi connectivity index (χ0n) is 21.6. The number of hydrogen-bond donors (Lipinski definition) is 2. The molecule has 2 N–H and O–H groups in total. The van der Waals surface area contributed by atoms with Crippen molar-refractivity contribution >= 4 is 40.5 Å². The maximum Gasteiger partial charge on any atom is 0.249 e. The van der Waals surface area contributed by atoms with Crippen molar-refractivity contribution < 1.29 is 14.0 Å². The molecule has 0 saturated carbocycles. The lowest BCUT2D eigenvalue weighted by Gasteiger charge is -2.37. The van der Waals surface area contributed by atoms with Crippen LogP contribution in [0.1, 0.15) is 31.2 Å². The van der Waals surface area contributed by atoms with Gasteiger partial charge in [0, 0.05) is 32.0 Å². The number of furan rings is 1. The Bertz CT molecular complexity index is 1230. The molecule has 3 aromatic rings. The predicted molar refractivity (Wildman–Crippen MR) is 149 cm³/mol. The average molecular weight is 520 g/mol. The zero-order chi connectivity index (χ0) is 26.6. The summed E-state index contributed by atoms with van der Waals surface area (Å²) in [6.07, 6.45) is 1.56. The highest BCUT2D eigenvalue weighted by Gasteiger charge is 2.40. The van der Waals surface area contributed by atoms with Gasteiger partial charge in [-0.2, -0.15) is 0 Å². The predicted octanol–water partition coefficient (Wildman–Crippen LogP) is 4.02. The molecule has 1 fully saturated rings. The van der Waals surface area contributed by atoms with Crippen molar-refractivity contribution in [1.82, 2.24) is 15.1 Å². The number of carbonyl (C=O) groups excluding carboxylic acids is 2. The summed E-state index contributed by atoms with van der Waals surface area (Å²) in [7, 11) is 3.91. The third-order valence-electron chi connectivity index (χ3n) is 6.58. The highest BCUT2D eigenvalue weighted by Crippen LogP contribution is 2.25. The van der Waals surface area contributed by atoms with Gasteiger partial charge in [-0.15, -0.1) is 0 Å². The van der Waals surface area contributed by atoms with Gasteiger partial charge >= 0.3 is 0 Å². The Morgan fingerprint density at radius 2 is 1.78 bits per heavy atom. The van der Waals surface area contributed by atoms with Gasteiger partial charge < -0.3 is 29.8 Å². The molecule has 194 valence electrons. The van der Waals surface area contributed by atoms with Gasteiger partial charge in [0.2, 0.25) is 11.8 Å². The Morgan fingerprint density at radius 3 is 2.41 bits per heavy atom. The minimum atomic E-state index is -1.17. The molecular weight excluding hydrogens is 486 g/mol. The number of rotatable bonds is 9. The third kappa shape index (κ3) is 6.11. The lowest BCUT2D eigenvalue weighted by molar-refractivity contribution is -0.145. The van der Waals surface area contributed by atoms with Gasteiger partial charge in [0.15, 0.2) is 5.11 Å².